The minimum Gasteiger partial charge on any atom is -0.486 e. The van der Waals surface area contributed by atoms with Gasteiger partial charge in [0.1, 0.15) is 17.7 Å². The van der Waals surface area contributed by atoms with Gasteiger partial charge in [0.25, 0.3) is 10.0 Å². The van der Waals surface area contributed by atoms with Crippen LogP contribution in [0.5, 0.6) is 5.75 Å². The van der Waals surface area contributed by atoms with Crippen molar-refractivity contribution in [3.05, 3.63) is 53.3 Å². The van der Waals surface area contributed by atoms with Gasteiger partial charge in [0.05, 0.1) is 29.5 Å². The first-order valence-electron chi connectivity index (χ1n) is 12.1. The number of anilines is 1. The van der Waals surface area contributed by atoms with Gasteiger partial charge in [-0.3, -0.25) is 13.9 Å². The number of carbonyl (C=O) groups excluding carboxylic acids is 1. The van der Waals surface area contributed by atoms with E-state index in [2.05, 4.69) is 4.74 Å². The van der Waals surface area contributed by atoms with Gasteiger partial charge in [-0.1, -0.05) is 13.0 Å². The van der Waals surface area contributed by atoms with Crippen molar-refractivity contribution in [1.82, 2.24) is 0 Å². The van der Waals surface area contributed by atoms with Crippen LogP contribution in [0.15, 0.2) is 41.3 Å². The molecule has 8 nitrogen and oxygen atoms in total. The lowest BCUT2D eigenvalue weighted by Gasteiger charge is -2.36. The maximum atomic E-state index is 13.9. The molecule has 1 aliphatic rings. The van der Waals surface area contributed by atoms with Gasteiger partial charge >= 0.3 is 18.1 Å². The van der Waals surface area contributed by atoms with Gasteiger partial charge in [-0.15, -0.1) is 0 Å². The second kappa shape index (κ2) is 11.0. The van der Waals surface area contributed by atoms with Crippen LogP contribution in [0.25, 0.3) is 0 Å². The van der Waals surface area contributed by atoms with Crippen molar-refractivity contribution >= 4 is 27.6 Å². The number of nitrogens with zero attached hydrogens (tertiary/aromatic N) is 1. The van der Waals surface area contributed by atoms with Crippen molar-refractivity contribution in [3.8, 4) is 5.75 Å². The third kappa shape index (κ3) is 6.63. The summed E-state index contributed by atoms with van der Waals surface area (Å²) in [5, 5.41) is 9.47. The second-order valence-corrected chi connectivity index (χ2v) is 11.7. The summed E-state index contributed by atoms with van der Waals surface area (Å²) in [6.07, 6.45) is -5.96. The Morgan fingerprint density at radius 1 is 1.18 bits per heavy atom. The highest BCUT2D eigenvalue weighted by Crippen LogP contribution is 2.40. The molecular formula is C26H29F4NO7S. The van der Waals surface area contributed by atoms with Crippen LogP contribution in [-0.4, -0.2) is 49.9 Å². The number of ether oxygens (including phenoxy) is 2. The Morgan fingerprint density at radius 2 is 1.85 bits per heavy atom. The van der Waals surface area contributed by atoms with Crippen LogP contribution in [-0.2, 0) is 30.8 Å². The molecule has 3 rings (SSSR count). The average molecular weight is 576 g/mol. The first-order valence-corrected chi connectivity index (χ1v) is 13.5. The summed E-state index contributed by atoms with van der Waals surface area (Å²) in [6.45, 7) is 4.22. The molecule has 0 amide bonds. The number of carbonyl (C=O) groups is 2. The number of rotatable bonds is 9. The van der Waals surface area contributed by atoms with E-state index in [9.17, 15) is 40.7 Å². The van der Waals surface area contributed by atoms with Crippen LogP contribution in [0.1, 0.15) is 44.7 Å². The Kier molecular flexibility index (Phi) is 8.54. The molecule has 1 N–H and O–H groups in total. The number of carboxylic acid groups (broad SMARTS) is 1. The highest BCUT2D eigenvalue weighted by Gasteiger charge is 2.50. The zero-order valence-electron chi connectivity index (χ0n) is 21.7. The SMILES string of the molecule is CC[C@@H](C[C@H]1CN(S(=O)(=O)c2ccc(F)c(C)c2)c2cc(CC(=O)OC(C)(C)C(F)(F)F)ccc2O1)C(=O)O. The van der Waals surface area contributed by atoms with Crippen LogP contribution >= 0.6 is 0 Å². The zero-order valence-corrected chi connectivity index (χ0v) is 22.5. The van der Waals surface area contributed by atoms with Gasteiger partial charge in [0, 0.05) is 0 Å². The van der Waals surface area contributed by atoms with Crippen LogP contribution in [0.2, 0.25) is 0 Å². The molecule has 2 aromatic carbocycles. The summed E-state index contributed by atoms with van der Waals surface area (Å²) < 4.78 is 92.1. The van der Waals surface area contributed by atoms with Crippen molar-refractivity contribution < 1.29 is 50.1 Å². The van der Waals surface area contributed by atoms with Crippen molar-refractivity contribution in [2.24, 2.45) is 5.92 Å². The van der Waals surface area contributed by atoms with E-state index in [-0.39, 0.29) is 46.8 Å². The maximum Gasteiger partial charge on any atom is 0.427 e. The quantitative estimate of drug-likeness (QED) is 0.330. The first-order chi connectivity index (χ1) is 18.0. The van der Waals surface area contributed by atoms with Crippen molar-refractivity contribution in [2.45, 2.75) is 69.7 Å². The lowest BCUT2D eigenvalue weighted by Crippen LogP contribution is -2.45. The topological polar surface area (TPSA) is 110 Å². The van der Waals surface area contributed by atoms with Crippen molar-refractivity contribution in [2.75, 3.05) is 10.8 Å². The standard InChI is InChI=1S/C26H29F4NO7S/c1-5-17(24(33)34)13-18-14-31(39(35,36)19-7-8-20(27)15(2)10-19)21-11-16(6-9-22(21)37-18)12-23(32)38-25(3,4)26(28,29)30/h6-11,17-18H,5,12-14H2,1-4H3,(H,33,34)/t17-,18-/m0/s1. The molecule has 39 heavy (non-hydrogen) atoms. The number of esters is 1. The molecule has 13 heteroatoms. The third-order valence-electron chi connectivity index (χ3n) is 6.46. The fourth-order valence-corrected chi connectivity index (χ4v) is 5.61. The van der Waals surface area contributed by atoms with Crippen LogP contribution < -0.4 is 9.04 Å². The summed E-state index contributed by atoms with van der Waals surface area (Å²) in [5.41, 5.74) is -2.49. The lowest BCUT2D eigenvalue weighted by atomic mass is 9.98. The number of aryl methyl sites for hydroxylation is 1. The van der Waals surface area contributed by atoms with E-state index in [0.717, 1.165) is 22.5 Å². The number of hydrogen-bond donors (Lipinski definition) is 1. The van der Waals surface area contributed by atoms with E-state index < -0.39 is 58.0 Å². The lowest BCUT2D eigenvalue weighted by molar-refractivity contribution is -0.257. The van der Waals surface area contributed by atoms with Crippen LogP contribution in [0.3, 0.4) is 0 Å². The Morgan fingerprint density at radius 3 is 2.41 bits per heavy atom. The molecule has 0 unspecified atom stereocenters. The molecule has 2 aromatic rings. The monoisotopic (exact) mass is 575 g/mol. The van der Waals surface area contributed by atoms with E-state index in [1.54, 1.807) is 6.92 Å². The van der Waals surface area contributed by atoms with Crippen LogP contribution in [0.4, 0.5) is 23.2 Å². The van der Waals surface area contributed by atoms with Gasteiger partial charge in [-0.25, -0.2) is 12.8 Å². The molecule has 214 valence electrons. The minimum absolute atomic E-state index is 0.000339. The molecular weight excluding hydrogens is 546 g/mol. The Hall–Kier alpha value is -3.35. The molecule has 2 atom stereocenters. The average Bonchev–Trinajstić information content (AvgIpc) is 2.82. The number of alkyl halides is 3. The zero-order chi connectivity index (χ0) is 29.3. The summed E-state index contributed by atoms with van der Waals surface area (Å²) in [5.74, 6) is -3.58. The first kappa shape index (κ1) is 30.2. The number of benzene rings is 2. The fourth-order valence-electron chi connectivity index (χ4n) is 4.03. The number of aliphatic carboxylic acids is 1. The smallest absolute Gasteiger partial charge is 0.427 e. The maximum absolute atomic E-state index is 13.9. The normalized spacial score (nSPS) is 16.7. The number of fused-ring (bicyclic) bond motifs is 1. The summed E-state index contributed by atoms with van der Waals surface area (Å²) >= 11 is 0. The second-order valence-electron chi connectivity index (χ2n) is 9.83. The Labute approximate surface area is 223 Å². The van der Waals surface area contributed by atoms with Crippen LogP contribution in [0, 0.1) is 18.7 Å². The van der Waals surface area contributed by atoms with E-state index in [1.165, 1.54) is 25.1 Å². The fraction of sp³-hybridized carbons (Fsp3) is 0.462. The third-order valence-corrected chi connectivity index (χ3v) is 8.24. The number of hydrogen-bond acceptors (Lipinski definition) is 6. The molecule has 0 spiro atoms. The van der Waals surface area contributed by atoms with Gasteiger partial charge < -0.3 is 14.6 Å². The Bertz CT molecular complexity index is 1360. The van der Waals surface area contributed by atoms with Gasteiger partial charge in [-0.2, -0.15) is 13.2 Å². The predicted molar refractivity (Wildman–Crippen MR) is 132 cm³/mol. The van der Waals surface area contributed by atoms with Crippen molar-refractivity contribution in [1.29, 1.82) is 0 Å². The molecule has 0 saturated heterocycles. The van der Waals surface area contributed by atoms with Gasteiger partial charge in [-0.05, 0) is 75.1 Å². The van der Waals surface area contributed by atoms with E-state index in [4.69, 9.17) is 4.74 Å². The largest absolute Gasteiger partial charge is 0.486 e. The molecule has 0 saturated carbocycles. The van der Waals surface area contributed by atoms with Gasteiger partial charge in [0.15, 0.2) is 0 Å². The molecule has 0 aromatic heterocycles. The number of sulfonamides is 1. The summed E-state index contributed by atoms with van der Waals surface area (Å²) in [6, 6.07) is 7.28. The molecule has 0 radical (unpaired) electrons. The van der Waals surface area contributed by atoms with E-state index in [0.29, 0.717) is 13.8 Å². The minimum atomic E-state index is -4.80. The molecule has 0 aliphatic carbocycles. The number of carboxylic acids is 1. The number of halogens is 4. The molecule has 0 bridgehead atoms. The highest BCUT2D eigenvalue weighted by atomic mass is 32.2. The van der Waals surface area contributed by atoms with E-state index >= 15 is 0 Å². The van der Waals surface area contributed by atoms with Gasteiger partial charge in [0.2, 0.25) is 5.60 Å². The predicted octanol–water partition coefficient (Wildman–Crippen LogP) is 5.02. The summed E-state index contributed by atoms with van der Waals surface area (Å²) in [7, 11) is -4.33. The van der Waals surface area contributed by atoms with Crippen molar-refractivity contribution in [3.63, 3.8) is 0 Å². The molecule has 1 aliphatic heterocycles. The molecule has 1 heterocycles. The molecule has 0 fully saturated rings. The Balaban J connectivity index is 2.00. The summed E-state index contributed by atoms with van der Waals surface area (Å²) in [4.78, 5) is 23.7. The van der Waals surface area contributed by atoms with E-state index in [1.807, 2.05) is 0 Å². The highest BCUT2D eigenvalue weighted by molar-refractivity contribution is 7.92.